The smallest absolute Gasteiger partial charge is 0.238 e. The monoisotopic (exact) mass is 377 g/mol. The largest absolute Gasteiger partial charge is 0.324 e. The molecule has 7 heteroatoms. The van der Waals surface area contributed by atoms with Gasteiger partial charge < -0.3 is 5.32 Å². The number of nitrogens with one attached hydrogen (secondary N) is 1. The SMILES string of the molecule is CC(=O)c1ccccc1NC(=O)CN(C)[C@H](C)c1ccc(-n2cncn2)cc1. The van der Waals surface area contributed by atoms with Gasteiger partial charge in [0.1, 0.15) is 12.7 Å². The van der Waals surface area contributed by atoms with Gasteiger partial charge in [-0.1, -0.05) is 24.3 Å². The first-order chi connectivity index (χ1) is 13.5. The molecule has 0 saturated heterocycles. The van der Waals surface area contributed by atoms with Crippen LogP contribution in [0.1, 0.15) is 35.8 Å². The molecule has 0 bridgehead atoms. The summed E-state index contributed by atoms with van der Waals surface area (Å²) < 4.78 is 1.69. The van der Waals surface area contributed by atoms with Crippen molar-refractivity contribution in [1.29, 1.82) is 0 Å². The van der Waals surface area contributed by atoms with E-state index in [1.165, 1.54) is 13.3 Å². The number of rotatable bonds is 7. The van der Waals surface area contributed by atoms with Gasteiger partial charge in [0.2, 0.25) is 5.91 Å². The van der Waals surface area contributed by atoms with Crippen LogP contribution < -0.4 is 5.32 Å². The van der Waals surface area contributed by atoms with E-state index >= 15 is 0 Å². The summed E-state index contributed by atoms with van der Waals surface area (Å²) in [5.41, 5.74) is 3.06. The van der Waals surface area contributed by atoms with E-state index in [9.17, 15) is 9.59 Å². The Kier molecular flexibility index (Phi) is 5.96. The molecule has 7 nitrogen and oxygen atoms in total. The molecule has 3 rings (SSSR count). The summed E-state index contributed by atoms with van der Waals surface area (Å²) in [6, 6.07) is 15.0. The molecule has 1 aromatic heterocycles. The van der Waals surface area contributed by atoms with Crippen LogP contribution in [0.25, 0.3) is 5.69 Å². The second-order valence-electron chi connectivity index (χ2n) is 6.67. The van der Waals surface area contributed by atoms with Crippen LogP contribution in [0.3, 0.4) is 0 Å². The predicted octanol–water partition coefficient (Wildman–Crippen LogP) is 3.10. The number of anilines is 1. The van der Waals surface area contributed by atoms with Gasteiger partial charge in [0, 0.05) is 11.6 Å². The summed E-state index contributed by atoms with van der Waals surface area (Å²) in [6.07, 6.45) is 3.14. The normalized spacial score (nSPS) is 12.0. The van der Waals surface area contributed by atoms with Gasteiger partial charge in [0.05, 0.1) is 17.9 Å². The third-order valence-electron chi connectivity index (χ3n) is 4.69. The highest BCUT2D eigenvalue weighted by Crippen LogP contribution is 2.21. The van der Waals surface area contributed by atoms with Gasteiger partial charge in [0.15, 0.2) is 5.78 Å². The summed E-state index contributed by atoms with van der Waals surface area (Å²) in [7, 11) is 1.90. The zero-order chi connectivity index (χ0) is 20.1. The molecule has 0 fully saturated rings. The molecule has 144 valence electrons. The lowest BCUT2D eigenvalue weighted by molar-refractivity contribution is -0.117. The minimum absolute atomic E-state index is 0.0404. The van der Waals surface area contributed by atoms with Crippen LogP contribution in [0, 0.1) is 0 Å². The van der Waals surface area contributed by atoms with Gasteiger partial charge in [-0.3, -0.25) is 14.5 Å². The zero-order valence-corrected chi connectivity index (χ0v) is 16.2. The van der Waals surface area contributed by atoms with Crippen LogP contribution in [-0.4, -0.2) is 44.9 Å². The number of benzene rings is 2. The maximum Gasteiger partial charge on any atom is 0.238 e. The van der Waals surface area contributed by atoms with Gasteiger partial charge >= 0.3 is 0 Å². The van der Waals surface area contributed by atoms with Gasteiger partial charge in [-0.25, -0.2) is 9.67 Å². The molecule has 0 unspecified atom stereocenters. The average Bonchev–Trinajstić information content (AvgIpc) is 3.22. The Morgan fingerprint density at radius 1 is 1.14 bits per heavy atom. The fourth-order valence-electron chi connectivity index (χ4n) is 2.95. The standard InChI is InChI=1S/C21H23N5O2/c1-15(17-8-10-18(11-9-17)26-14-22-13-23-26)25(3)12-21(28)24-20-7-5-4-6-19(20)16(2)27/h4-11,13-15H,12H2,1-3H3,(H,24,28)/t15-/m1/s1. The highest BCUT2D eigenvalue weighted by atomic mass is 16.2. The quantitative estimate of drug-likeness (QED) is 0.640. The number of hydrogen-bond acceptors (Lipinski definition) is 5. The molecule has 0 aliphatic heterocycles. The second kappa shape index (κ2) is 8.58. The van der Waals surface area contributed by atoms with Crippen molar-refractivity contribution in [1.82, 2.24) is 19.7 Å². The molecule has 1 atom stereocenters. The van der Waals surface area contributed by atoms with Crippen molar-refractivity contribution in [2.45, 2.75) is 19.9 Å². The Morgan fingerprint density at radius 2 is 1.86 bits per heavy atom. The first-order valence-corrected chi connectivity index (χ1v) is 9.00. The van der Waals surface area contributed by atoms with Crippen LogP contribution in [0.5, 0.6) is 0 Å². The summed E-state index contributed by atoms with van der Waals surface area (Å²) in [5, 5.41) is 6.95. The molecule has 2 aromatic carbocycles. The van der Waals surface area contributed by atoms with Crippen LogP contribution in [0.2, 0.25) is 0 Å². The average molecular weight is 377 g/mol. The lowest BCUT2D eigenvalue weighted by atomic mass is 10.1. The van der Waals surface area contributed by atoms with Crippen molar-refractivity contribution in [3.63, 3.8) is 0 Å². The Balaban J connectivity index is 1.63. The fraction of sp³-hybridized carbons (Fsp3) is 0.238. The van der Waals surface area contributed by atoms with E-state index in [1.54, 1.807) is 35.3 Å². The van der Waals surface area contributed by atoms with Crippen molar-refractivity contribution >= 4 is 17.4 Å². The number of carbonyl (C=O) groups excluding carboxylic acids is 2. The molecular weight excluding hydrogens is 354 g/mol. The summed E-state index contributed by atoms with van der Waals surface area (Å²) in [5.74, 6) is -0.243. The molecule has 0 saturated carbocycles. The molecule has 1 heterocycles. The molecule has 0 spiro atoms. The number of para-hydroxylation sites is 1. The predicted molar refractivity (Wildman–Crippen MR) is 107 cm³/mol. The number of amides is 1. The Bertz CT molecular complexity index is 951. The van der Waals surface area contributed by atoms with E-state index in [0.717, 1.165) is 11.3 Å². The lowest BCUT2D eigenvalue weighted by Gasteiger charge is -2.25. The molecule has 0 aliphatic rings. The third-order valence-corrected chi connectivity index (χ3v) is 4.69. The molecule has 3 aromatic rings. The maximum atomic E-state index is 12.5. The molecule has 1 amide bonds. The van der Waals surface area contributed by atoms with E-state index in [4.69, 9.17) is 0 Å². The van der Waals surface area contributed by atoms with Crippen LogP contribution >= 0.6 is 0 Å². The minimum atomic E-state index is -0.165. The van der Waals surface area contributed by atoms with E-state index in [-0.39, 0.29) is 24.3 Å². The lowest BCUT2D eigenvalue weighted by Crippen LogP contribution is -2.32. The maximum absolute atomic E-state index is 12.5. The van der Waals surface area contributed by atoms with E-state index < -0.39 is 0 Å². The van der Waals surface area contributed by atoms with Gasteiger partial charge in [-0.2, -0.15) is 5.10 Å². The molecular formula is C21H23N5O2. The van der Waals surface area contributed by atoms with Gasteiger partial charge in [0.25, 0.3) is 0 Å². The van der Waals surface area contributed by atoms with Gasteiger partial charge in [-0.15, -0.1) is 0 Å². The van der Waals surface area contributed by atoms with Crippen molar-refractivity contribution in [3.8, 4) is 5.69 Å². The third kappa shape index (κ3) is 4.50. The number of carbonyl (C=O) groups is 2. The summed E-state index contributed by atoms with van der Waals surface area (Å²) in [6.45, 7) is 3.74. The minimum Gasteiger partial charge on any atom is -0.324 e. The summed E-state index contributed by atoms with van der Waals surface area (Å²) >= 11 is 0. The number of hydrogen-bond donors (Lipinski definition) is 1. The highest BCUT2D eigenvalue weighted by molar-refractivity contribution is 6.04. The fourth-order valence-corrected chi connectivity index (χ4v) is 2.95. The molecule has 1 N–H and O–H groups in total. The zero-order valence-electron chi connectivity index (χ0n) is 16.2. The topological polar surface area (TPSA) is 80.1 Å². The van der Waals surface area contributed by atoms with Crippen LogP contribution in [0.4, 0.5) is 5.69 Å². The van der Waals surface area contributed by atoms with Crippen molar-refractivity contribution in [2.75, 3.05) is 18.9 Å². The highest BCUT2D eigenvalue weighted by Gasteiger charge is 2.16. The van der Waals surface area contributed by atoms with E-state index in [0.29, 0.717) is 11.3 Å². The van der Waals surface area contributed by atoms with Crippen LogP contribution in [0.15, 0.2) is 61.2 Å². The van der Waals surface area contributed by atoms with Gasteiger partial charge in [-0.05, 0) is 50.7 Å². The molecule has 28 heavy (non-hydrogen) atoms. The second-order valence-corrected chi connectivity index (χ2v) is 6.67. The number of likely N-dealkylation sites (N-methyl/N-ethyl adjacent to an activating group) is 1. The van der Waals surface area contributed by atoms with Crippen molar-refractivity contribution in [2.24, 2.45) is 0 Å². The van der Waals surface area contributed by atoms with Crippen LogP contribution in [-0.2, 0) is 4.79 Å². The first-order valence-electron chi connectivity index (χ1n) is 9.00. The molecule has 0 radical (unpaired) electrons. The Morgan fingerprint density at radius 3 is 2.50 bits per heavy atom. The first kappa shape index (κ1) is 19.4. The van der Waals surface area contributed by atoms with E-state index in [1.807, 2.05) is 43.1 Å². The van der Waals surface area contributed by atoms with Crippen molar-refractivity contribution < 1.29 is 9.59 Å². The number of aromatic nitrogens is 3. The summed E-state index contributed by atoms with van der Waals surface area (Å²) in [4.78, 5) is 30.1. The van der Waals surface area contributed by atoms with E-state index in [2.05, 4.69) is 15.4 Å². The Hall–Kier alpha value is -3.32. The molecule has 0 aliphatic carbocycles. The number of ketones is 1. The van der Waals surface area contributed by atoms with Crippen molar-refractivity contribution in [3.05, 3.63) is 72.3 Å². The Labute approximate surface area is 164 Å². The number of nitrogens with zero attached hydrogens (tertiary/aromatic N) is 4. The number of Topliss-reactive ketones (excluding diaryl/α,β-unsaturated/α-hetero) is 1.